The van der Waals surface area contributed by atoms with Crippen molar-refractivity contribution < 1.29 is 0 Å². The lowest BCUT2D eigenvalue weighted by molar-refractivity contribution is 0.672. The molecule has 3 rings (SSSR count). The van der Waals surface area contributed by atoms with Gasteiger partial charge in [0, 0.05) is 18.5 Å². The third-order valence-corrected chi connectivity index (χ3v) is 3.94. The Bertz CT molecular complexity index is 591. The summed E-state index contributed by atoms with van der Waals surface area (Å²) in [5, 5.41) is 0. The number of nitrogens with two attached hydrogens (primary N) is 1. The Kier molecular flexibility index (Phi) is 2.49. The lowest BCUT2D eigenvalue weighted by Gasteiger charge is -2.08. The van der Waals surface area contributed by atoms with Gasteiger partial charge in [-0.2, -0.15) is 0 Å². The Balaban J connectivity index is 2.01. The Morgan fingerprint density at radius 3 is 2.72 bits per heavy atom. The summed E-state index contributed by atoms with van der Waals surface area (Å²) >= 11 is 0. The van der Waals surface area contributed by atoms with Crippen LogP contribution in [0.15, 0.2) is 18.2 Å². The minimum Gasteiger partial charge on any atom is -0.331 e. The quantitative estimate of drug-likeness (QED) is 0.900. The molecule has 1 fully saturated rings. The number of fused-ring (bicyclic) bond motifs is 1. The Morgan fingerprint density at radius 1 is 1.39 bits per heavy atom. The predicted molar refractivity (Wildman–Crippen MR) is 74.7 cm³/mol. The third-order valence-electron chi connectivity index (χ3n) is 3.94. The topological polar surface area (TPSA) is 43.8 Å². The molecule has 1 aromatic carbocycles. The average Bonchev–Trinajstić information content (AvgIpc) is 2.92. The molecule has 0 radical (unpaired) electrons. The smallest absolute Gasteiger partial charge is 0.112 e. The van der Waals surface area contributed by atoms with E-state index in [0.717, 1.165) is 30.6 Å². The van der Waals surface area contributed by atoms with Gasteiger partial charge >= 0.3 is 0 Å². The van der Waals surface area contributed by atoms with Crippen molar-refractivity contribution in [3.8, 4) is 0 Å². The Labute approximate surface area is 108 Å². The summed E-state index contributed by atoms with van der Waals surface area (Å²) in [6.07, 6.45) is 3.30. The highest BCUT2D eigenvalue weighted by molar-refractivity contribution is 5.77. The second kappa shape index (κ2) is 3.82. The van der Waals surface area contributed by atoms with Crippen LogP contribution in [0.4, 0.5) is 0 Å². The third kappa shape index (κ3) is 1.93. The van der Waals surface area contributed by atoms with Gasteiger partial charge in [0.25, 0.3) is 0 Å². The highest BCUT2D eigenvalue weighted by Crippen LogP contribution is 2.36. The first-order valence-corrected chi connectivity index (χ1v) is 6.73. The van der Waals surface area contributed by atoms with Crippen molar-refractivity contribution in [2.24, 2.45) is 12.8 Å². The molecule has 1 aliphatic rings. The second-order valence-corrected chi connectivity index (χ2v) is 6.05. The molecule has 1 aromatic heterocycles. The lowest BCUT2D eigenvalue weighted by atomic mass is 10.0. The molecular formula is C15H21N3. The molecule has 3 heteroatoms. The minimum atomic E-state index is 0.0728. The summed E-state index contributed by atoms with van der Waals surface area (Å²) in [5.41, 5.74) is 9.88. The van der Waals surface area contributed by atoms with Crippen LogP contribution in [0.3, 0.4) is 0 Å². The van der Waals surface area contributed by atoms with Crippen molar-refractivity contribution in [2.45, 2.75) is 44.6 Å². The first kappa shape index (κ1) is 11.7. The molecule has 0 unspecified atom stereocenters. The van der Waals surface area contributed by atoms with Gasteiger partial charge in [0.15, 0.2) is 0 Å². The summed E-state index contributed by atoms with van der Waals surface area (Å²) in [5.74, 6) is 1.60. The van der Waals surface area contributed by atoms with Crippen LogP contribution in [-0.2, 0) is 13.5 Å². The van der Waals surface area contributed by atoms with Gasteiger partial charge < -0.3 is 10.3 Å². The molecule has 2 aromatic rings. The van der Waals surface area contributed by atoms with Gasteiger partial charge in [-0.1, -0.05) is 19.9 Å². The molecule has 1 saturated carbocycles. The van der Waals surface area contributed by atoms with Crippen LogP contribution in [-0.4, -0.2) is 15.1 Å². The number of benzene rings is 1. The molecule has 1 heterocycles. The van der Waals surface area contributed by atoms with Crippen LogP contribution in [0, 0.1) is 0 Å². The fourth-order valence-electron chi connectivity index (χ4n) is 2.63. The number of hydrogen-bond acceptors (Lipinski definition) is 2. The molecular weight excluding hydrogens is 222 g/mol. The lowest BCUT2D eigenvalue weighted by Crippen LogP contribution is -2.24. The molecule has 0 spiro atoms. The van der Waals surface area contributed by atoms with E-state index in [1.165, 1.54) is 11.1 Å². The molecule has 0 saturated heterocycles. The molecule has 0 aliphatic heterocycles. The maximum Gasteiger partial charge on any atom is 0.112 e. The summed E-state index contributed by atoms with van der Waals surface area (Å²) in [4.78, 5) is 4.74. The van der Waals surface area contributed by atoms with Gasteiger partial charge in [-0.25, -0.2) is 4.98 Å². The van der Waals surface area contributed by atoms with Crippen molar-refractivity contribution in [2.75, 3.05) is 0 Å². The van der Waals surface area contributed by atoms with Crippen molar-refractivity contribution in [3.63, 3.8) is 0 Å². The van der Waals surface area contributed by atoms with E-state index in [4.69, 9.17) is 10.7 Å². The first-order chi connectivity index (χ1) is 8.48. The maximum absolute atomic E-state index is 6.18. The summed E-state index contributed by atoms with van der Waals surface area (Å²) in [6.45, 7) is 4.36. The van der Waals surface area contributed by atoms with Crippen LogP contribution < -0.4 is 5.73 Å². The van der Waals surface area contributed by atoms with Gasteiger partial charge in [-0.05, 0) is 37.0 Å². The maximum atomic E-state index is 6.18. The van der Waals surface area contributed by atoms with Crippen molar-refractivity contribution in [3.05, 3.63) is 29.6 Å². The van der Waals surface area contributed by atoms with E-state index >= 15 is 0 Å². The summed E-state index contributed by atoms with van der Waals surface area (Å²) in [6, 6.07) is 6.57. The second-order valence-electron chi connectivity index (χ2n) is 6.05. The summed E-state index contributed by atoms with van der Waals surface area (Å²) < 4.78 is 2.19. The fraction of sp³-hybridized carbons (Fsp3) is 0.533. The van der Waals surface area contributed by atoms with E-state index < -0.39 is 0 Å². The SMILES string of the molecule is CC(C)c1nc2cc(CC3(N)CC3)ccc2n1C. The van der Waals surface area contributed by atoms with Gasteiger partial charge in [-0.15, -0.1) is 0 Å². The van der Waals surface area contributed by atoms with Gasteiger partial charge in [-0.3, -0.25) is 0 Å². The van der Waals surface area contributed by atoms with Crippen molar-refractivity contribution >= 4 is 11.0 Å². The predicted octanol–water partition coefficient (Wildman–Crippen LogP) is 2.73. The highest BCUT2D eigenvalue weighted by atomic mass is 15.1. The highest BCUT2D eigenvalue weighted by Gasteiger charge is 2.37. The Morgan fingerprint density at radius 2 is 2.11 bits per heavy atom. The van der Waals surface area contributed by atoms with Crippen LogP contribution >= 0.6 is 0 Å². The molecule has 18 heavy (non-hydrogen) atoms. The molecule has 2 N–H and O–H groups in total. The Hall–Kier alpha value is -1.35. The number of nitrogens with zero attached hydrogens (tertiary/aromatic N) is 2. The largest absolute Gasteiger partial charge is 0.331 e. The number of imidazole rings is 1. The molecule has 0 atom stereocenters. The van der Waals surface area contributed by atoms with E-state index in [2.05, 4.69) is 43.7 Å². The zero-order valence-corrected chi connectivity index (χ0v) is 11.4. The van der Waals surface area contributed by atoms with Gasteiger partial charge in [0.2, 0.25) is 0 Å². The van der Waals surface area contributed by atoms with Crippen LogP contribution in [0.2, 0.25) is 0 Å². The van der Waals surface area contributed by atoms with Crippen LogP contribution in [0.25, 0.3) is 11.0 Å². The van der Waals surface area contributed by atoms with E-state index in [9.17, 15) is 0 Å². The monoisotopic (exact) mass is 243 g/mol. The number of hydrogen-bond donors (Lipinski definition) is 1. The van der Waals surface area contributed by atoms with Crippen molar-refractivity contribution in [1.29, 1.82) is 0 Å². The van der Waals surface area contributed by atoms with Crippen LogP contribution in [0.5, 0.6) is 0 Å². The zero-order chi connectivity index (χ0) is 12.9. The average molecular weight is 243 g/mol. The van der Waals surface area contributed by atoms with E-state index in [0.29, 0.717) is 5.92 Å². The zero-order valence-electron chi connectivity index (χ0n) is 11.4. The van der Waals surface area contributed by atoms with Gasteiger partial charge in [0.05, 0.1) is 11.0 Å². The van der Waals surface area contributed by atoms with Gasteiger partial charge in [0.1, 0.15) is 5.82 Å². The number of rotatable bonds is 3. The molecule has 0 amide bonds. The van der Waals surface area contributed by atoms with E-state index in [1.807, 2.05) is 0 Å². The first-order valence-electron chi connectivity index (χ1n) is 6.73. The van der Waals surface area contributed by atoms with E-state index in [1.54, 1.807) is 0 Å². The molecule has 1 aliphatic carbocycles. The van der Waals surface area contributed by atoms with Crippen molar-refractivity contribution in [1.82, 2.24) is 9.55 Å². The van der Waals surface area contributed by atoms with E-state index in [-0.39, 0.29) is 5.54 Å². The standard InChI is InChI=1S/C15H21N3/c1-10(2)14-17-12-8-11(9-15(16)6-7-15)4-5-13(12)18(14)3/h4-5,8,10H,6-7,9,16H2,1-3H3. The fourth-order valence-corrected chi connectivity index (χ4v) is 2.63. The molecule has 3 nitrogen and oxygen atoms in total. The number of aromatic nitrogens is 2. The number of aryl methyl sites for hydroxylation is 1. The summed E-state index contributed by atoms with van der Waals surface area (Å²) in [7, 11) is 2.09. The van der Waals surface area contributed by atoms with Crippen LogP contribution in [0.1, 0.15) is 44.0 Å². The molecule has 0 bridgehead atoms. The normalized spacial score (nSPS) is 17.6. The molecule has 96 valence electrons. The minimum absolute atomic E-state index is 0.0728.